The number of rotatable bonds is 2. The Morgan fingerprint density at radius 2 is 2.09 bits per heavy atom. The standard InChI is InChI=1S/C17H20N2O3/c20-16(18-22)14-6-7-15-11-19(9-8-13(15)10-14)17(21)12-4-2-1-3-5-12/h1-2,6-7,10,12,22H,3-5,8-9,11H2,(H,18,20). The summed E-state index contributed by atoms with van der Waals surface area (Å²) < 4.78 is 0. The Morgan fingerprint density at radius 1 is 1.23 bits per heavy atom. The van der Waals surface area contributed by atoms with Crippen LogP contribution in [0.2, 0.25) is 0 Å². The number of carbonyl (C=O) groups excluding carboxylic acids is 2. The van der Waals surface area contributed by atoms with Gasteiger partial charge >= 0.3 is 0 Å². The molecule has 1 aliphatic carbocycles. The minimum Gasteiger partial charge on any atom is -0.338 e. The molecule has 22 heavy (non-hydrogen) atoms. The van der Waals surface area contributed by atoms with Crippen LogP contribution in [-0.4, -0.2) is 28.5 Å². The molecule has 3 rings (SSSR count). The lowest BCUT2D eigenvalue weighted by Crippen LogP contribution is -2.40. The van der Waals surface area contributed by atoms with Gasteiger partial charge in [-0.25, -0.2) is 5.48 Å². The molecule has 1 atom stereocenters. The molecule has 1 aromatic rings. The second kappa shape index (κ2) is 6.32. The molecule has 1 aliphatic heterocycles. The zero-order chi connectivity index (χ0) is 15.5. The molecule has 1 unspecified atom stereocenters. The van der Waals surface area contributed by atoms with Crippen LogP contribution in [0.5, 0.6) is 0 Å². The van der Waals surface area contributed by atoms with E-state index >= 15 is 0 Å². The molecule has 1 aromatic carbocycles. The molecule has 0 saturated heterocycles. The van der Waals surface area contributed by atoms with Gasteiger partial charge in [-0.15, -0.1) is 0 Å². The van der Waals surface area contributed by atoms with Gasteiger partial charge in [0, 0.05) is 24.6 Å². The van der Waals surface area contributed by atoms with Crippen LogP contribution in [0.15, 0.2) is 30.4 Å². The number of nitrogens with zero attached hydrogens (tertiary/aromatic N) is 1. The molecule has 0 radical (unpaired) electrons. The number of amides is 2. The van der Waals surface area contributed by atoms with Gasteiger partial charge in [0.2, 0.25) is 5.91 Å². The van der Waals surface area contributed by atoms with Crippen LogP contribution >= 0.6 is 0 Å². The maximum atomic E-state index is 12.6. The zero-order valence-corrected chi connectivity index (χ0v) is 12.4. The van der Waals surface area contributed by atoms with Gasteiger partial charge < -0.3 is 4.90 Å². The van der Waals surface area contributed by atoms with Gasteiger partial charge in [-0.3, -0.25) is 14.8 Å². The van der Waals surface area contributed by atoms with Crippen LogP contribution in [0.4, 0.5) is 0 Å². The molecule has 5 nitrogen and oxygen atoms in total. The van der Waals surface area contributed by atoms with Crippen molar-refractivity contribution in [3.05, 3.63) is 47.0 Å². The van der Waals surface area contributed by atoms with E-state index in [0.29, 0.717) is 18.7 Å². The van der Waals surface area contributed by atoms with E-state index in [-0.39, 0.29) is 11.8 Å². The van der Waals surface area contributed by atoms with Gasteiger partial charge in [0.15, 0.2) is 0 Å². The molecule has 0 bridgehead atoms. The van der Waals surface area contributed by atoms with E-state index in [9.17, 15) is 9.59 Å². The van der Waals surface area contributed by atoms with Crippen molar-refractivity contribution in [2.45, 2.75) is 32.2 Å². The highest BCUT2D eigenvalue weighted by Gasteiger charge is 2.27. The van der Waals surface area contributed by atoms with Gasteiger partial charge in [-0.2, -0.15) is 0 Å². The maximum Gasteiger partial charge on any atom is 0.274 e. The summed E-state index contributed by atoms with van der Waals surface area (Å²) in [5.41, 5.74) is 4.25. The molecule has 0 fully saturated rings. The van der Waals surface area contributed by atoms with Crippen molar-refractivity contribution < 1.29 is 14.8 Å². The molecule has 2 amide bonds. The average molecular weight is 300 g/mol. The molecule has 0 spiro atoms. The number of hydroxylamine groups is 1. The molecular weight excluding hydrogens is 280 g/mol. The van der Waals surface area contributed by atoms with E-state index in [4.69, 9.17) is 5.21 Å². The van der Waals surface area contributed by atoms with Crippen molar-refractivity contribution in [1.82, 2.24) is 10.4 Å². The topological polar surface area (TPSA) is 69.6 Å². The zero-order valence-electron chi connectivity index (χ0n) is 12.4. The smallest absolute Gasteiger partial charge is 0.274 e. The lowest BCUT2D eigenvalue weighted by atomic mass is 9.91. The summed E-state index contributed by atoms with van der Waals surface area (Å²) in [5, 5.41) is 8.69. The van der Waals surface area contributed by atoms with E-state index in [1.54, 1.807) is 17.6 Å². The first-order valence-corrected chi connectivity index (χ1v) is 7.69. The second-order valence-electron chi connectivity index (χ2n) is 5.92. The minimum atomic E-state index is -0.504. The number of fused-ring (bicyclic) bond motifs is 1. The summed E-state index contributed by atoms with van der Waals surface area (Å²) in [6.45, 7) is 1.30. The highest BCUT2D eigenvalue weighted by Crippen LogP contribution is 2.25. The summed E-state index contributed by atoms with van der Waals surface area (Å²) in [5.74, 6) is -0.145. The lowest BCUT2D eigenvalue weighted by molar-refractivity contribution is -0.136. The molecule has 2 N–H and O–H groups in total. The van der Waals surface area contributed by atoms with Crippen LogP contribution < -0.4 is 5.48 Å². The Morgan fingerprint density at radius 3 is 2.82 bits per heavy atom. The van der Waals surface area contributed by atoms with E-state index in [2.05, 4.69) is 12.2 Å². The van der Waals surface area contributed by atoms with E-state index < -0.39 is 5.91 Å². The van der Waals surface area contributed by atoms with Crippen LogP contribution in [0.3, 0.4) is 0 Å². The molecule has 0 aromatic heterocycles. The molecule has 1 heterocycles. The quantitative estimate of drug-likeness (QED) is 0.499. The molecular formula is C17H20N2O3. The van der Waals surface area contributed by atoms with Crippen LogP contribution in [0, 0.1) is 5.92 Å². The SMILES string of the molecule is O=C(NO)c1ccc2c(c1)CCN(C(=O)C1CC=CCC1)C2. The fourth-order valence-electron chi connectivity index (χ4n) is 3.22. The van der Waals surface area contributed by atoms with Gasteiger partial charge in [0.25, 0.3) is 5.91 Å². The summed E-state index contributed by atoms with van der Waals surface area (Å²) in [7, 11) is 0. The monoisotopic (exact) mass is 300 g/mol. The highest BCUT2D eigenvalue weighted by atomic mass is 16.5. The van der Waals surface area contributed by atoms with Gasteiger partial charge in [-0.05, 0) is 48.9 Å². The van der Waals surface area contributed by atoms with Crippen LogP contribution in [0.1, 0.15) is 40.7 Å². The number of benzene rings is 1. The van der Waals surface area contributed by atoms with Gasteiger partial charge in [-0.1, -0.05) is 18.2 Å². The fraction of sp³-hybridized carbons (Fsp3) is 0.412. The van der Waals surface area contributed by atoms with Crippen molar-refractivity contribution in [3.8, 4) is 0 Å². The van der Waals surface area contributed by atoms with E-state index in [1.807, 2.05) is 11.0 Å². The highest BCUT2D eigenvalue weighted by molar-refractivity contribution is 5.93. The fourth-order valence-corrected chi connectivity index (χ4v) is 3.22. The Kier molecular flexibility index (Phi) is 4.24. The predicted molar refractivity (Wildman–Crippen MR) is 81.3 cm³/mol. The largest absolute Gasteiger partial charge is 0.338 e. The van der Waals surface area contributed by atoms with E-state index in [0.717, 1.165) is 36.8 Å². The molecule has 116 valence electrons. The molecule has 2 aliphatic rings. The second-order valence-corrected chi connectivity index (χ2v) is 5.92. The number of nitrogens with one attached hydrogen (secondary N) is 1. The van der Waals surface area contributed by atoms with Crippen molar-refractivity contribution in [2.24, 2.45) is 5.92 Å². The number of allylic oxidation sites excluding steroid dienone is 2. The van der Waals surface area contributed by atoms with Crippen molar-refractivity contribution in [1.29, 1.82) is 0 Å². The maximum absolute atomic E-state index is 12.6. The van der Waals surface area contributed by atoms with Crippen molar-refractivity contribution >= 4 is 11.8 Å². The summed E-state index contributed by atoms with van der Waals surface area (Å²) >= 11 is 0. The first-order valence-electron chi connectivity index (χ1n) is 7.69. The third-order valence-electron chi connectivity index (χ3n) is 4.51. The first-order chi connectivity index (χ1) is 10.7. The van der Waals surface area contributed by atoms with Crippen molar-refractivity contribution in [3.63, 3.8) is 0 Å². The normalized spacial score (nSPS) is 20.4. The Balaban J connectivity index is 1.72. The lowest BCUT2D eigenvalue weighted by Gasteiger charge is -2.32. The Labute approximate surface area is 129 Å². The van der Waals surface area contributed by atoms with Crippen LogP contribution in [-0.2, 0) is 17.8 Å². The Bertz CT molecular complexity index is 624. The first kappa shape index (κ1) is 14.8. The summed E-state index contributed by atoms with van der Waals surface area (Å²) in [6, 6.07) is 5.36. The number of hydrogen-bond donors (Lipinski definition) is 2. The number of carbonyl (C=O) groups is 2. The third-order valence-corrected chi connectivity index (χ3v) is 4.51. The predicted octanol–water partition coefficient (Wildman–Crippen LogP) is 2.05. The third kappa shape index (κ3) is 2.90. The summed E-state index contributed by atoms with van der Waals surface area (Å²) in [4.78, 5) is 26.0. The van der Waals surface area contributed by atoms with E-state index in [1.165, 1.54) is 0 Å². The molecule has 0 saturated carbocycles. The van der Waals surface area contributed by atoms with Gasteiger partial charge in [0.05, 0.1) is 0 Å². The Hall–Kier alpha value is -2.14. The van der Waals surface area contributed by atoms with Crippen molar-refractivity contribution in [2.75, 3.05) is 6.54 Å². The number of hydrogen-bond acceptors (Lipinski definition) is 3. The molecule has 5 heteroatoms. The van der Waals surface area contributed by atoms with Gasteiger partial charge in [0.1, 0.15) is 0 Å². The summed E-state index contributed by atoms with van der Waals surface area (Å²) in [6.07, 6.45) is 7.76. The average Bonchev–Trinajstić information content (AvgIpc) is 2.60. The van der Waals surface area contributed by atoms with Crippen LogP contribution in [0.25, 0.3) is 0 Å². The minimum absolute atomic E-state index is 0.117.